The van der Waals surface area contributed by atoms with Crippen molar-refractivity contribution in [3.05, 3.63) is 0 Å². The molecule has 0 aromatic carbocycles. The van der Waals surface area contributed by atoms with Gasteiger partial charge < -0.3 is 15.0 Å². The molecule has 5 heteroatoms. The number of carbonyl (C=O) groups excluding carboxylic acids is 2. The van der Waals surface area contributed by atoms with Crippen LogP contribution in [0.25, 0.3) is 0 Å². The number of nitrogens with one attached hydrogen (secondary N) is 1. The largest absolute Gasteiger partial charge is 0.453 e. The van der Waals surface area contributed by atoms with Crippen LogP contribution in [0.15, 0.2) is 0 Å². The minimum absolute atomic E-state index is 0.0100. The van der Waals surface area contributed by atoms with Gasteiger partial charge in [0.25, 0.3) is 0 Å². The fraction of sp³-hybridized carbons (Fsp3) is 0.800. The molecular formula is C10H16N2O3. The fourth-order valence-corrected chi connectivity index (χ4v) is 2.06. The summed E-state index contributed by atoms with van der Waals surface area (Å²) in [7, 11) is 1.29. The molecule has 2 fully saturated rings. The van der Waals surface area contributed by atoms with Gasteiger partial charge in [-0.15, -0.1) is 0 Å². The Bertz CT molecular complexity index is 286. The van der Waals surface area contributed by atoms with Crippen molar-refractivity contribution in [1.82, 2.24) is 10.2 Å². The van der Waals surface area contributed by atoms with Gasteiger partial charge >= 0.3 is 6.09 Å². The second-order valence-corrected chi connectivity index (χ2v) is 4.41. The highest BCUT2D eigenvalue weighted by atomic mass is 16.5. The molecule has 1 saturated carbocycles. The van der Waals surface area contributed by atoms with Crippen LogP contribution in [0.1, 0.15) is 19.3 Å². The number of amides is 2. The first-order valence-electron chi connectivity index (χ1n) is 5.25. The first-order valence-corrected chi connectivity index (χ1v) is 5.25. The van der Waals surface area contributed by atoms with Gasteiger partial charge in [-0.25, -0.2) is 4.79 Å². The number of nitrogens with zero attached hydrogens (tertiary/aromatic N) is 1. The van der Waals surface area contributed by atoms with Crippen LogP contribution >= 0.6 is 0 Å². The van der Waals surface area contributed by atoms with Crippen molar-refractivity contribution in [1.29, 1.82) is 0 Å². The van der Waals surface area contributed by atoms with Crippen LogP contribution in [0.4, 0.5) is 4.79 Å². The monoisotopic (exact) mass is 212 g/mol. The van der Waals surface area contributed by atoms with Gasteiger partial charge in [-0.05, 0) is 24.7 Å². The molecule has 1 saturated heterocycles. The number of methoxy groups -OCH3 is 1. The summed E-state index contributed by atoms with van der Waals surface area (Å²) < 4.78 is 4.40. The van der Waals surface area contributed by atoms with Gasteiger partial charge in [0.05, 0.1) is 7.11 Å². The highest BCUT2D eigenvalue weighted by molar-refractivity contribution is 5.82. The van der Waals surface area contributed by atoms with E-state index in [-0.39, 0.29) is 12.5 Å². The van der Waals surface area contributed by atoms with Crippen molar-refractivity contribution in [3.8, 4) is 0 Å². The molecule has 84 valence electrons. The Morgan fingerprint density at radius 1 is 1.40 bits per heavy atom. The summed E-state index contributed by atoms with van der Waals surface area (Å²) in [6, 6.07) is 0. The molecule has 0 atom stereocenters. The average molecular weight is 212 g/mol. The van der Waals surface area contributed by atoms with Crippen molar-refractivity contribution >= 4 is 12.0 Å². The molecule has 0 radical (unpaired) electrons. The molecule has 0 bridgehead atoms. The zero-order valence-corrected chi connectivity index (χ0v) is 8.91. The molecule has 1 aliphatic heterocycles. The van der Waals surface area contributed by atoms with Gasteiger partial charge in [-0.1, -0.05) is 0 Å². The van der Waals surface area contributed by atoms with Crippen LogP contribution in [0, 0.1) is 5.41 Å². The van der Waals surface area contributed by atoms with Gasteiger partial charge in [0.2, 0.25) is 5.91 Å². The highest BCUT2D eigenvalue weighted by Gasteiger charge is 2.48. The molecular weight excluding hydrogens is 196 g/mol. The number of hydrogen-bond donors (Lipinski definition) is 1. The first-order chi connectivity index (χ1) is 7.15. The van der Waals surface area contributed by atoms with Crippen molar-refractivity contribution in [2.75, 3.05) is 26.7 Å². The minimum Gasteiger partial charge on any atom is -0.453 e. The molecule has 2 amide bonds. The molecule has 1 N–H and O–H groups in total. The van der Waals surface area contributed by atoms with Crippen LogP contribution in [0.3, 0.4) is 0 Å². The van der Waals surface area contributed by atoms with E-state index in [2.05, 4.69) is 10.1 Å². The standard InChI is InChI=1S/C10H16N2O3/c1-15-9(14)11-6-8(13)12-5-4-10(7-12)2-3-10/h2-7H2,1H3,(H,11,14). The summed E-state index contributed by atoms with van der Waals surface area (Å²) in [4.78, 5) is 24.2. The Kier molecular flexibility index (Phi) is 2.54. The maximum atomic E-state index is 11.6. The average Bonchev–Trinajstić information content (AvgIpc) is 2.85. The van der Waals surface area contributed by atoms with Crippen LogP contribution in [0.5, 0.6) is 0 Å². The smallest absolute Gasteiger partial charge is 0.407 e. The van der Waals surface area contributed by atoms with Crippen LogP contribution in [0.2, 0.25) is 0 Å². The third-order valence-corrected chi connectivity index (χ3v) is 3.32. The lowest BCUT2D eigenvalue weighted by Crippen LogP contribution is -2.39. The lowest BCUT2D eigenvalue weighted by molar-refractivity contribution is -0.129. The summed E-state index contributed by atoms with van der Waals surface area (Å²) in [6.07, 6.45) is 3.07. The number of hydrogen-bond acceptors (Lipinski definition) is 3. The third-order valence-electron chi connectivity index (χ3n) is 3.32. The highest BCUT2D eigenvalue weighted by Crippen LogP contribution is 2.52. The van der Waals surface area contributed by atoms with E-state index in [1.807, 2.05) is 4.90 Å². The van der Waals surface area contributed by atoms with Crippen LogP contribution in [-0.2, 0) is 9.53 Å². The van der Waals surface area contributed by atoms with Crippen molar-refractivity contribution in [2.24, 2.45) is 5.41 Å². The summed E-state index contributed by atoms with van der Waals surface area (Å²) in [5.74, 6) is -0.0100. The van der Waals surface area contributed by atoms with E-state index in [0.29, 0.717) is 5.41 Å². The minimum atomic E-state index is -0.552. The van der Waals surface area contributed by atoms with E-state index in [9.17, 15) is 9.59 Å². The number of carbonyl (C=O) groups is 2. The van der Waals surface area contributed by atoms with Gasteiger partial charge in [-0.3, -0.25) is 4.79 Å². The topological polar surface area (TPSA) is 58.6 Å². The summed E-state index contributed by atoms with van der Waals surface area (Å²) in [5, 5.41) is 2.40. The van der Waals surface area contributed by atoms with Crippen LogP contribution < -0.4 is 5.32 Å². The lowest BCUT2D eigenvalue weighted by atomic mass is 10.1. The third kappa shape index (κ3) is 2.22. The molecule has 1 spiro atoms. The number of ether oxygens (including phenoxy) is 1. The Hall–Kier alpha value is -1.26. The quantitative estimate of drug-likeness (QED) is 0.718. The lowest BCUT2D eigenvalue weighted by Gasteiger charge is -2.16. The maximum Gasteiger partial charge on any atom is 0.407 e. The molecule has 0 aromatic heterocycles. The van der Waals surface area contributed by atoms with Gasteiger partial charge in [0.1, 0.15) is 6.54 Å². The van der Waals surface area contributed by atoms with Crippen LogP contribution in [-0.4, -0.2) is 43.6 Å². The summed E-state index contributed by atoms with van der Waals surface area (Å²) >= 11 is 0. The van der Waals surface area contributed by atoms with E-state index >= 15 is 0 Å². The molecule has 2 aliphatic rings. The molecule has 15 heavy (non-hydrogen) atoms. The molecule has 2 rings (SSSR count). The number of rotatable bonds is 2. The predicted molar refractivity (Wildman–Crippen MR) is 53.3 cm³/mol. The molecule has 1 heterocycles. The van der Waals surface area contributed by atoms with E-state index in [1.54, 1.807) is 0 Å². The van der Waals surface area contributed by atoms with Gasteiger partial charge in [0, 0.05) is 13.1 Å². The van der Waals surface area contributed by atoms with E-state index in [4.69, 9.17) is 0 Å². The molecule has 1 aliphatic carbocycles. The Labute approximate surface area is 88.8 Å². The van der Waals surface area contributed by atoms with Crippen molar-refractivity contribution in [3.63, 3.8) is 0 Å². The van der Waals surface area contributed by atoms with E-state index in [1.165, 1.54) is 20.0 Å². The Morgan fingerprint density at radius 2 is 2.13 bits per heavy atom. The normalized spacial score (nSPS) is 21.5. The first kappa shape index (κ1) is 10.3. The second-order valence-electron chi connectivity index (χ2n) is 4.41. The predicted octanol–water partition coefficient (Wildman–Crippen LogP) is 0.355. The van der Waals surface area contributed by atoms with Gasteiger partial charge in [0.15, 0.2) is 0 Å². The van der Waals surface area contributed by atoms with E-state index < -0.39 is 6.09 Å². The Morgan fingerprint density at radius 3 is 2.67 bits per heavy atom. The SMILES string of the molecule is COC(=O)NCC(=O)N1CCC2(CC2)C1. The summed E-state index contributed by atoms with van der Waals surface area (Å²) in [6.45, 7) is 1.75. The molecule has 0 unspecified atom stereocenters. The Balaban J connectivity index is 1.74. The maximum absolute atomic E-state index is 11.6. The van der Waals surface area contributed by atoms with Gasteiger partial charge in [-0.2, -0.15) is 0 Å². The van der Waals surface area contributed by atoms with Crippen molar-refractivity contribution < 1.29 is 14.3 Å². The number of alkyl carbamates (subject to hydrolysis) is 1. The zero-order chi connectivity index (χ0) is 10.9. The molecule has 0 aromatic rings. The second kappa shape index (κ2) is 3.72. The summed E-state index contributed by atoms with van der Waals surface area (Å²) in [5.41, 5.74) is 0.445. The zero-order valence-electron chi connectivity index (χ0n) is 8.91. The number of likely N-dealkylation sites (tertiary alicyclic amines) is 1. The fourth-order valence-electron chi connectivity index (χ4n) is 2.06. The van der Waals surface area contributed by atoms with Crippen molar-refractivity contribution in [2.45, 2.75) is 19.3 Å². The molecule has 5 nitrogen and oxygen atoms in total. The van der Waals surface area contributed by atoms with E-state index in [0.717, 1.165) is 19.5 Å².